The number of para-hydroxylation sites is 1. The van der Waals surface area contributed by atoms with Crippen molar-refractivity contribution in [3.63, 3.8) is 0 Å². The Balaban J connectivity index is 2.24. The molecule has 2 aromatic rings. The average Bonchev–Trinajstić information content (AvgIpc) is 3.00. The number of nitrogens with one attached hydrogen (secondary N) is 2. The zero-order valence-electron chi connectivity index (χ0n) is 14.5. The molecule has 2 rings (SSSR count). The molecule has 0 saturated carbocycles. The number of aliphatic carboxylic acids is 1. The molecule has 134 valence electrons. The number of nitrogens with zero attached hydrogens (tertiary/aromatic N) is 1. The van der Waals surface area contributed by atoms with E-state index in [0.29, 0.717) is 0 Å². The molecule has 0 aliphatic carbocycles. The molecule has 0 saturated heterocycles. The molecule has 3 N–H and O–H groups in total. The Morgan fingerprint density at radius 1 is 1.24 bits per heavy atom. The van der Waals surface area contributed by atoms with Gasteiger partial charge in [0.05, 0.1) is 0 Å². The molecular formula is C18H23N3O4. The maximum absolute atomic E-state index is 12.3. The van der Waals surface area contributed by atoms with E-state index in [-0.39, 0.29) is 12.3 Å². The minimum absolute atomic E-state index is 0.0998. The molecule has 0 fully saturated rings. The van der Waals surface area contributed by atoms with Crippen LogP contribution in [0.2, 0.25) is 0 Å². The van der Waals surface area contributed by atoms with Gasteiger partial charge in [-0.05, 0) is 24.0 Å². The first-order valence-electron chi connectivity index (χ1n) is 8.26. The molecule has 0 aliphatic rings. The molecule has 1 amide bonds. The number of fused-ring (bicyclic) bond motifs is 1. The molecule has 25 heavy (non-hydrogen) atoms. The lowest BCUT2D eigenvalue weighted by molar-refractivity contribution is -0.142. The molecule has 1 aromatic heterocycles. The van der Waals surface area contributed by atoms with E-state index >= 15 is 0 Å². The number of carbonyl (C=O) groups is 2. The summed E-state index contributed by atoms with van der Waals surface area (Å²) in [6, 6.07) is 5.31. The van der Waals surface area contributed by atoms with Crippen molar-refractivity contribution in [1.82, 2.24) is 10.3 Å². The van der Waals surface area contributed by atoms with Crippen molar-refractivity contribution in [2.75, 3.05) is 0 Å². The summed E-state index contributed by atoms with van der Waals surface area (Å²) < 4.78 is 0. The SMILES string of the molecule is CC(C)CC(N=O)C(=O)N[C@H](C(=O)O)C(C)c1c[nH]c2ccccc12. The molecule has 0 bridgehead atoms. The quantitative estimate of drug-likeness (QED) is 0.638. The number of nitroso groups, excluding NO2 is 1. The Morgan fingerprint density at radius 3 is 2.52 bits per heavy atom. The lowest BCUT2D eigenvalue weighted by Gasteiger charge is -2.23. The molecule has 7 nitrogen and oxygen atoms in total. The minimum atomic E-state index is -1.15. The van der Waals surface area contributed by atoms with Crippen molar-refractivity contribution in [2.45, 2.75) is 45.2 Å². The predicted octanol–water partition coefficient (Wildman–Crippen LogP) is 3.02. The number of benzene rings is 1. The van der Waals surface area contributed by atoms with Crippen LogP contribution in [-0.2, 0) is 9.59 Å². The number of carbonyl (C=O) groups excluding carboxylic acids is 1. The maximum Gasteiger partial charge on any atom is 0.326 e. The zero-order chi connectivity index (χ0) is 18.6. The smallest absolute Gasteiger partial charge is 0.326 e. The molecule has 0 radical (unpaired) electrons. The van der Waals surface area contributed by atoms with Crippen molar-refractivity contribution in [1.29, 1.82) is 0 Å². The maximum atomic E-state index is 12.3. The average molecular weight is 345 g/mol. The van der Waals surface area contributed by atoms with Gasteiger partial charge in [0, 0.05) is 23.0 Å². The standard InChI is InChI=1S/C18H23N3O4/c1-10(2)8-15(21-25)17(22)20-16(18(23)24)11(3)13-9-19-14-7-5-4-6-12(13)14/h4-7,9-11,15-16,19H,8H2,1-3H3,(H,20,22)(H,23,24)/t11?,15?,16-/m0/s1. The van der Waals surface area contributed by atoms with Gasteiger partial charge in [0.15, 0.2) is 6.04 Å². The highest BCUT2D eigenvalue weighted by molar-refractivity contribution is 5.89. The normalized spacial score (nSPS) is 14.9. The van der Waals surface area contributed by atoms with Crippen LogP contribution in [0.5, 0.6) is 0 Å². The first-order chi connectivity index (χ1) is 11.8. The molecule has 7 heteroatoms. The van der Waals surface area contributed by atoms with Gasteiger partial charge in [0.25, 0.3) is 0 Å². The van der Waals surface area contributed by atoms with Crippen molar-refractivity contribution in [3.8, 4) is 0 Å². The van der Waals surface area contributed by atoms with Crippen LogP contribution < -0.4 is 5.32 Å². The zero-order valence-corrected chi connectivity index (χ0v) is 14.5. The molecule has 2 unspecified atom stereocenters. The summed E-state index contributed by atoms with van der Waals surface area (Å²) >= 11 is 0. The van der Waals surface area contributed by atoms with Crippen LogP contribution >= 0.6 is 0 Å². The molecule has 1 aromatic carbocycles. The van der Waals surface area contributed by atoms with Crippen LogP contribution in [0, 0.1) is 10.8 Å². The summed E-state index contributed by atoms with van der Waals surface area (Å²) in [5.74, 6) is -2.19. The minimum Gasteiger partial charge on any atom is -0.480 e. The Labute approximate surface area is 145 Å². The number of aromatic nitrogens is 1. The Hall–Kier alpha value is -2.70. The van der Waals surface area contributed by atoms with E-state index in [9.17, 15) is 19.6 Å². The number of hydrogen-bond acceptors (Lipinski definition) is 4. The van der Waals surface area contributed by atoms with Gasteiger partial charge in [-0.15, -0.1) is 4.91 Å². The first kappa shape index (κ1) is 18.6. The number of carboxylic acids is 1. The van der Waals surface area contributed by atoms with Gasteiger partial charge < -0.3 is 15.4 Å². The predicted molar refractivity (Wildman–Crippen MR) is 95.3 cm³/mol. The summed E-state index contributed by atoms with van der Waals surface area (Å²) in [7, 11) is 0. The Morgan fingerprint density at radius 2 is 1.92 bits per heavy atom. The third kappa shape index (κ3) is 4.23. The van der Waals surface area contributed by atoms with Gasteiger partial charge in [-0.3, -0.25) is 4.79 Å². The summed E-state index contributed by atoms with van der Waals surface area (Å²) in [5.41, 5.74) is 1.69. The van der Waals surface area contributed by atoms with Crippen LogP contribution in [0.15, 0.2) is 35.6 Å². The molecule has 0 aliphatic heterocycles. The largest absolute Gasteiger partial charge is 0.480 e. The molecular weight excluding hydrogens is 322 g/mol. The van der Waals surface area contributed by atoms with Crippen molar-refractivity contribution < 1.29 is 14.7 Å². The van der Waals surface area contributed by atoms with Gasteiger partial charge >= 0.3 is 5.97 Å². The number of amides is 1. The fraction of sp³-hybridized carbons (Fsp3) is 0.444. The highest BCUT2D eigenvalue weighted by Crippen LogP contribution is 2.28. The fourth-order valence-electron chi connectivity index (χ4n) is 2.94. The molecule has 1 heterocycles. The van der Waals surface area contributed by atoms with E-state index in [1.54, 1.807) is 13.1 Å². The lowest BCUT2D eigenvalue weighted by Crippen LogP contribution is -2.47. The number of hydrogen-bond donors (Lipinski definition) is 3. The molecule has 3 atom stereocenters. The number of rotatable bonds is 8. The van der Waals surface area contributed by atoms with E-state index in [2.05, 4.69) is 15.5 Å². The summed E-state index contributed by atoms with van der Waals surface area (Å²) in [6.07, 6.45) is 2.03. The highest BCUT2D eigenvalue weighted by Gasteiger charge is 2.32. The summed E-state index contributed by atoms with van der Waals surface area (Å²) in [5, 5.41) is 15.8. The first-order valence-corrected chi connectivity index (χ1v) is 8.26. The van der Waals surface area contributed by atoms with Gasteiger partial charge in [-0.2, -0.15) is 0 Å². The van der Waals surface area contributed by atoms with Crippen LogP contribution in [-0.4, -0.2) is 34.1 Å². The number of aromatic amines is 1. The van der Waals surface area contributed by atoms with Gasteiger partial charge in [0.2, 0.25) is 5.91 Å². The highest BCUT2D eigenvalue weighted by atomic mass is 16.4. The summed E-state index contributed by atoms with van der Waals surface area (Å²) in [6.45, 7) is 5.48. The topological polar surface area (TPSA) is 112 Å². The van der Waals surface area contributed by atoms with E-state index in [1.807, 2.05) is 38.1 Å². The third-order valence-corrected chi connectivity index (χ3v) is 4.30. The lowest BCUT2D eigenvalue weighted by atomic mass is 9.92. The number of carboxylic acid groups (broad SMARTS) is 1. The second kappa shape index (κ2) is 7.92. The van der Waals surface area contributed by atoms with E-state index in [1.165, 1.54) is 0 Å². The van der Waals surface area contributed by atoms with E-state index < -0.39 is 29.9 Å². The fourth-order valence-corrected chi connectivity index (χ4v) is 2.94. The van der Waals surface area contributed by atoms with Crippen LogP contribution in [0.3, 0.4) is 0 Å². The summed E-state index contributed by atoms with van der Waals surface area (Å²) in [4.78, 5) is 38.0. The van der Waals surface area contributed by atoms with E-state index in [4.69, 9.17) is 0 Å². The number of H-pyrrole nitrogens is 1. The van der Waals surface area contributed by atoms with Gasteiger partial charge in [-0.1, -0.05) is 44.1 Å². The Kier molecular flexibility index (Phi) is 5.90. The van der Waals surface area contributed by atoms with Crippen molar-refractivity contribution >= 4 is 22.8 Å². The molecule has 0 spiro atoms. The monoisotopic (exact) mass is 345 g/mol. The van der Waals surface area contributed by atoms with Crippen LogP contribution in [0.1, 0.15) is 38.7 Å². The third-order valence-electron chi connectivity index (χ3n) is 4.30. The van der Waals surface area contributed by atoms with Gasteiger partial charge in [-0.25, -0.2) is 4.79 Å². The van der Waals surface area contributed by atoms with E-state index in [0.717, 1.165) is 16.5 Å². The second-order valence-corrected chi connectivity index (χ2v) is 6.65. The van der Waals surface area contributed by atoms with Crippen LogP contribution in [0.25, 0.3) is 10.9 Å². The van der Waals surface area contributed by atoms with Gasteiger partial charge in [0.1, 0.15) is 6.04 Å². The van der Waals surface area contributed by atoms with Crippen LogP contribution in [0.4, 0.5) is 0 Å². The Bertz CT molecular complexity index is 769. The second-order valence-electron chi connectivity index (χ2n) is 6.65. The van der Waals surface area contributed by atoms with Crippen molar-refractivity contribution in [2.24, 2.45) is 11.1 Å². The van der Waals surface area contributed by atoms with Crippen molar-refractivity contribution in [3.05, 3.63) is 40.9 Å².